The Hall–Kier alpha value is -7.16. The fourth-order valence-corrected chi connectivity index (χ4v) is 14.5. The molecule has 2 saturated heterocycles. The number of hydrogen-bond acceptors (Lipinski definition) is 12. The molecular formula is C68H94N8O12. The predicted octanol–water partition coefficient (Wildman–Crippen LogP) is 6.49. The number of ether oxygens (including phenoxy) is 4. The molecule has 0 aromatic heterocycles. The lowest BCUT2D eigenvalue weighted by Crippen LogP contribution is -2.59. The maximum absolute atomic E-state index is 14.9. The van der Waals surface area contributed by atoms with Gasteiger partial charge in [-0.15, -0.1) is 0 Å². The number of likely N-dealkylation sites (tertiary alicyclic amines) is 2. The standard InChI is InChI=1S/C68H94N8O12/c1-41(73(9)65(83)87-67(3,4)5)61(79)71-55(43-25-15-13-16-26-43)63(81)75-35-33-49(57(75)59(69)77)53-47-31-21-19-29-45(47)39-51(53)85-37-23-11-12-24-38-86-52-40-46-30-20-22-32-48(46)54(52)50-34-36-76(58(50)60(70)78)64(82)56(44-27-17-14-18-28-44)72-62(80)42(2)74(10)66(84)88-68(6,7)8/h19-22,29-32,41-44,49-58H,13-18,25-28,33-40H2,1-10H3,(H2,69,77)(H2,70,78)(H,71,79)(H,72,80)/t41-,42-,49?,50?,51+,52+,53+,54+,55-,56-,57-,58-/m0/s1. The Morgan fingerprint density at radius 1 is 0.557 bits per heavy atom. The van der Waals surface area contributed by atoms with Crippen LogP contribution in [0.2, 0.25) is 0 Å². The molecule has 0 radical (unpaired) electrons. The SMILES string of the molecule is C[C@@H](C(=O)N[C@H](C(=O)N1CCC([C@H]2c3ccccc3C[C@H]2OCC#CC#CCO[C@@H]2Cc3ccccc3[C@@H]2C2CCN(C(=O)[C@@H](NC(=O)[C@H](C)N(C)C(=O)OC(C)(C)C)C3CCCCC3)[C@@H]2C(N)=O)[C@H]1C(N)=O)C1CCCCC1)N(C)C(=O)OC(C)(C)C. The Morgan fingerprint density at radius 2 is 0.909 bits per heavy atom. The highest BCUT2D eigenvalue weighted by Gasteiger charge is 2.53. The van der Waals surface area contributed by atoms with E-state index in [0.717, 1.165) is 86.5 Å². The fraction of sp³-hybridized carbons (Fsp3) is 0.647. The lowest BCUT2D eigenvalue weighted by atomic mass is 9.80. The van der Waals surface area contributed by atoms with Crippen molar-refractivity contribution in [3.63, 3.8) is 0 Å². The maximum atomic E-state index is 14.9. The molecule has 2 heterocycles. The summed E-state index contributed by atoms with van der Waals surface area (Å²) in [4.78, 5) is 117. The molecule has 8 rings (SSSR count). The summed E-state index contributed by atoms with van der Waals surface area (Å²) in [6.07, 6.45) is 8.48. The predicted molar refractivity (Wildman–Crippen MR) is 330 cm³/mol. The van der Waals surface area contributed by atoms with Crippen LogP contribution in [0.4, 0.5) is 9.59 Å². The average Bonchev–Trinajstić information content (AvgIpc) is 2.61. The number of benzene rings is 2. The van der Waals surface area contributed by atoms with Gasteiger partial charge in [-0.1, -0.05) is 98.9 Å². The first-order valence-corrected chi connectivity index (χ1v) is 31.8. The number of carbonyl (C=O) groups is 8. The van der Waals surface area contributed by atoms with E-state index in [-0.39, 0.29) is 61.8 Å². The first-order valence-electron chi connectivity index (χ1n) is 31.8. The molecular weight excluding hydrogens is 1120 g/mol. The van der Waals surface area contributed by atoms with E-state index in [1.807, 2.05) is 48.5 Å². The van der Waals surface area contributed by atoms with Crippen molar-refractivity contribution in [2.24, 2.45) is 35.1 Å². The number of nitrogens with two attached hydrogens (primary N) is 2. The molecule has 2 unspecified atom stereocenters. The van der Waals surface area contributed by atoms with E-state index in [1.54, 1.807) is 65.2 Å². The number of hydrogen-bond donors (Lipinski definition) is 4. The molecule has 12 atom stereocenters. The molecule has 4 fully saturated rings. The molecule has 2 saturated carbocycles. The first-order chi connectivity index (χ1) is 41.8. The van der Waals surface area contributed by atoms with Gasteiger partial charge in [0.15, 0.2) is 0 Å². The van der Waals surface area contributed by atoms with Gasteiger partial charge in [-0.25, -0.2) is 9.59 Å². The number of nitrogens with one attached hydrogen (secondary N) is 2. The minimum Gasteiger partial charge on any atom is -0.444 e. The van der Waals surface area contributed by atoms with Crippen molar-refractivity contribution in [3.05, 3.63) is 70.8 Å². The molecule has 6 aliphatic rings. The van der Waals surface area contributed by atoms with Gasteiger partial charge in [0.05, 0.1) is 12.2 Å². The van der Waals surface area contributed by atoms with E-state index in [1.165, 1.54) is 23.9 Å². The van der Waals surface area contributed by atoms with Gasteiger partial charge >= 0.3 is 12.2 Å². The number of rotatable bonds is 18. The highest BCUT2D eigenvalue weighted by molar-refractivity contribution is 5.95. The topological polar surface area (TPSA) is 263 Å². The lowest BCUT2D eigenvalue weighted by molar-refractivity contribution is -0.143. The molecule has 20 nitrogen and oxygen atoms in total. The van der Waals surface area contributed by atoms with Gasteiger partial charge in [0.1, 0.15) is 60.7 Å². The number of fused-ring (bicyclic) bond motifs is 2. The van der Waals surface area contributed by atoms with Crippen molar-refractivity contribution in [1.29, 1.82) is 0 Å². The van der Waals surface area contributed by atoms with Crippen LogP contribution in [0.3, 0.4) is 0 Å². The van der Waals surface area contributed by atoms with Crippen molar-refractivity contribution in [2.75, 3.05) is 40.4 Å². The van der Waals surface area contributed by atoms with Crippen LogP contribution >= 0.6 is 0 Å². The molecule has 4 aliphatic carbocycles. The zero-order chi connectivity index (χ0) is 63.8. The third-order valence-corrected chi connectivity index (χ3v) is 19.1. The second-order valence-electron chi connectivity index (χ2n) is 27.1. The highest BCUT2D eigenvalue weighted by atomic mass is 16.6. The Bertz CT molecular complexity index is 2810. The normalized spacial score (nSPS) is 25.0. The molecule has 2 aromatic rings. The van der Waals surface area contributed by atoms with Gasteiger partial charge in [-0.3, -0.25) is 38.6 Å². The van der Waals surface area contributed by atoms with Gasteiger partial charge < -0.3 is 50.8 Å². The number of carbonyl (C=O) groups excluding carboxylic acids is 8. The van der Waals surface area contributed by atoms with Crippen LogP contribution < -0.4 is 22.1 Å². The van der Waals surface area contributed by atoms with Crippen molar-refractivity contribution >= 4 is 47.6 Å². The number of likely N-dealkylation sites (N-methyl/N-ethyl adjacent to an activating group) is 2. The Balaban J connectivity index is 0.919. The maximum Gasteiger partial charge on any atom is 0.410 e. The molecule has 2 aromatic carbocycles. The van der Waals surface area contributed by atoms with Crippen LogP contribution in [0.1, 0.15) is 167 Å². The van der Waals surface area contributed by atoms with Crippen LogP contribution in [0.25, 0.3) is 0 Å². The third kappa shape index (κ3) is 15.8. The summed E-state index contributed by atoms with van der Waals surface area (Å²) in [7, 11) is 2.98. The van der Waals surface area contributed by atoms with Gasteiger partial charge in [0, 0.05) is 39.0 Å². The van der Waals surface area contributed by atoms with Gasteiger partial charge in [0.25, 0.3) is 0 Å². The third-order valence-electron chi connectivity index (χ3n) is 19.1. The second kappa shape index (κ2) is 29.0. The fourth-order valence-electron chi connectivity index (χ4n) is 14.5. The summed E-state index contributed by atoms with van der Waals surface area (Å²) in [5.41, 5.74) is 15.2. The first kappa shape index (κ1) is 66.8. The van der Waals surface area contributed by atoms with Crippen molar-refractivity contribution in [2.45, 2.75) is 217 Å². The number of nitrogens with zero attached hydrogens (tertiary/aromatic N) is 4. The number of primary amides is 2. The summed E-state index contributed by atoms with van der Waals surface area (Å²) in [5.74, 6) is 7.20. The molecule has 0 spiro atoms. The molecule has 8 amide bonds. The van der Waals surface area contributed by atoms with Crippen molar-refractivity contribution in [3.8, 4) is 23.7 Å². The lowest BCUT2D eigenvalue weighted by Gasteiger charge is -2.37. The molecule has 6 N–H and O–H groups in total. The van der Waals surface area contributed by atoms with Crippen LogP contribution in [0.15, 0.2) is 48.5 Å². The quantitative estimate of drug-likeness (QED) is 0.117. The molecule has 478 valence electrons. The largest absolute Gasteiger partial charge is 0.444 e. The Kier molecular flexibility index (Phi) is 22.0. The van der Waals surface area contributed by atoms with E-state index in [4.69, 9.17) is 30.4 Å². The van der Waals surface area contributed by atoms with Gasteiger partial charge in [0.2, 0.25) is 35.4 Å². The summed E-state index contributed by atoms with van der Waals surface area (Å²) in [6, 6.07) is 10.3. The molecule has 20 heteroatoms. The van der Waals surface area contributed by atoms with E-state index >= 15 is 0 Å². The molecule has 0 bridgehead atoms. The van der Waals surface area contributed by atoms with E-state index in [2.05, 4.69) is 34.3 Å². The minimum absolute atomic E-state index is 0.0336. The van der Waals surface area contributed by atoms with E-state index in [9.17, 15) is 38.4 Å². The Morgan fingerprint density at radius 3 is 1.25 bits per heavy atom. The monoisotopic (exact) mass is 1210 g/mol. The smallest absolute Gasteiger partial charge is 0.410 e. The van der Waals surface area contributed by atoms with Crippen LogP contribution in [0.5, 0.6) is 0 Å². The summed E-state index contributed by atoms with van der Waals surface area (Å²) in [6.45, 7) is 14.2. The van der Waals surface area contributed by atoms with Crippen molar-refractivity contribution < 1.29 is 57.3 Å². The Labute approximate surface area is 519 Å². The van der Waals surface area contributed by atoms with Crippen LogP contribution in [-0.2, 0) is 60.6 Å². The highest BCUT2D eigenvalue weighted by Crippen LogP contribution is 2.48. The molecule has 2 aliphatic heterocycles. The molecule has 88 heavy (non-hydrogen) atoms. The number of amides is 8. The zero-order valence-electron chi connectivity index (χ0n) is 53.3. The van der Waals surface area contributed by atoms with E-state index in [0.29, 0.717) is 25.7 Å². The van der Waals surface area contributed by atoms with Gasteiger partial charge in [-0.2, -0.15) is 0 Å². The summed E-state index contributed by atoms with van der Waals surface area (Å²) >= 11 is 0. The summed E-state index contributed by atoms with van der Waals surface area (Å²) in [5, 5.41) is 6.03. The second-order valence-corrected chi connectivity index (χ2v) is 27.1. The van der Waals surface area contributed by atoms with E-state index < -0.39 is 107 Å². The van der Waals surface area contributed by atoms with Crippen LogP contribution in [-0.4, -0.2) is 167 Å². The summed E-state index contributed by atoms with van der Waals surface area (Å²) < 4.78 is 24.2. The van der Waals surface area contributed by atoms with Crippen molar-refractivity contribution in [1.82, 2.24) is 30.2 Å². The minimum atomic E-state index is -0.977. The van der Waals surface area contributed by atoms with Crippen LogP contribution in [0, 0.1) is 47.4 Å². The zero-order valence-corrected chi connectivity index (χ0v) is 53.3. The average molecular weight is 1220 g/mol. The van der Waals surface area contributed by atoms with Gasteiger partial charge in [-0.05, 0) is 165 Å².